The summed E-state index contributed by atoms with van der Waals surface area (Å²) in [5, 5.41) is 0. The van der Waals surface area contributed by atoms with Crippen LogP contribution in [0.5, 0.6) is 0 Å². The van der Waals surface area contributed by atoms with Crippen molar-refractivity contribution in [2.45, 2.75) is 52.0 Å². The van der Waals surface area contributed by atoms with Crippen molar-refractivity contribution in [1.29, 1.82) is 0 Å². The van der Waals surface area contributed by atoms with Gasteiger partial charge in [0, 0.05) is 38.0 Å². The van der Waals surface area contributed by atoms with E-state index in [0.29, 0.717) is 56.0 Å². The monoisotopic (exact) mass is 332 g/mol. The van der Waals surface area contributed by atoms with E-state index in [2.05, 4.69) is 9.97 Å². The fourth-order valence-corrected chi connectivity index (χ4v) is 3.44. The molecule has 24 heavy (non-hydrogen) atoms. The molecule has 2 aliphatic heterocycles. The molecule has 3 rings (SSSR count). The molecule has 1 fully saturated rings. The van der Waals surface area contributed by atoms with Gasteiger partial charge in [-0.15, -0.1) is 0 Å². The third kappa shape index (κ3) is 3.66. The number of hydrogen-bond acceptors (Lipinski definition) is 4. The number of nitrogens with one attached hydrogen (secondary N) is 1. The molecule has 0 spiro atoms. The summed E-state index contributed by atoms with van der Waals surface area (Å²) in [5.41, 5.74) is 1.29. The lowest BCUT2D eigenvalue weighted by molar-refractivity contribution is -0.134. The van der Waals surface area contributed by atoms with E-state index in [0.717, 1.165) is 25.8 Å². The number of hydrogen-bond donors (Lipinski definition) is 1. The van der Waals surface area contributed by atoms with E-state index < -0.39 is 0 Å². The van der Waals surface area contributed by atoms with Crippen molar-refractivity contribution >= 4 is 11.8 Å². The first-order valence-electron chi connectivity index (χ1n) is 8.69. The van der Waals surface area contributed by atoms with Crippen LogP contribution in [-0.2, 0) is 22.6 Å². The number of rotatable bonds is 3. The molecule has 0 atom stereocenters. The Kier molecular flexibility index (Phi) is 4.97. The number of aromatic amines is 1. The molecule has 3 heterocycles. The first kappa shape index (κ1) is 16.7. The van der Waals surface area contributed by atoms with Gasteiger partial charge in [0.05, 0.1) is 12.2 Å². The highest BCUT2D eigenvalue weighted by atomic mass is 16.2. The molecule has 1 aromatic rings. The molecular formula is C17H24N4O3. The van der Waals surface area contributed by atoms with Gasteiger partial charge in [-0.2, -0.15) is 0 Å². The molecule has 0 aromatic carbocycles. The third-order valence-electron chi connectivity index (χ3n) is 4.81. The van der Waals surface area contributed by atoms with Gasteiger partial charge in [0.1, 0.15) is 5.82 Å². The van der Waals surface area contributed by atoms with Crippen LogP contribution in [0.4, 0.5) is 0 Å². The molecular weight excluding hydrogens is 308 g/mol. The Labute approximate surface area is 141 Å². The van der Waals surface area contributed by atoms with Crippen LogP contribution in [0.25, 0.3) is 0 Å². The van der Waals surface area contributed by atoms with Crippen molar-refractivity contribution in [1.82, 2.24) is 19.8 Å². The maximum absolute atomic E-state index is 12.5. The quantitative estimate of drug-likeness (QED) is 0.885. The van der Waals surface area contributed by atoms with E-state index in [1.807, 2.05) is 4.90 Å². The average molecular weight is 332 g/mol. The maximum atomic E-state index is 12.5. The SMILES string of the molecule is Cc1nc2c(c(=O)[nH]1)CCN(C(=O)CCN1CCCCCC1=O)C2. The van der Waals surface area contributed by atoms with Crippen molar-refractivity contribution in [3.8, 4) is 0 Å². The van der Waals surface area contributed by atoms with Crippen molar-refractivity contribution in [2.24, 2.45) is 0 Å². The normalized spacial score (nSPS) is 18.3. The standard InChI is InChI=1S/C17H24N4O3/c1-12-18-14-11-21(9-6-13(14)17(24)19-12)16(23)7-10-20-8-4-2-3-5-15(20)22/h2-11H2,1H3,(H,18,19,24). The fourth-order valence-electron chi connectivity index (χ4n) is 3.44. The van der Waals surface area contributed by atoms with Crippen LogP contribution in [0.2, 0.25) is 0 Å². The van der Waals surface area contributed by atoms with Crippen LogP contribution in [0.3, 0.4) is 0 Å². The molecule has 0 saturated carbocycles. The van der Waals surface area contributed by atoms with Gasteiger partial charge in [0.15, 0.2) is 0 Å². The molecule has 2 amide bonds. The number of likely N-dealkylation sites (tertiary alicyclic amines) is 1. The van der Waals surface area contributed by atoms with Crippen LogP contribution in [-0.4, -0.2) is 51.2 Å². The summed E-state index contributed by atoms with van der Waals surface area (Å²) < 4.78 is 0. The van der Waals surface area contributed by atoms with Gasteiger partial charge in [0.2, 0.25) is 11.8 Å². The minimum atomic E-state index is -0.0974. The number of amides is 2. The van der Waals surface area contributed by atoms with Crippen LogP contribution in [0.15, 0.2) is 4.79 Å². The predicted octanol–water partition coefficient (Wildman–Crippen LogP) is 0.756. The molecule has 1 aromatic heterocycles. The molecule has 0 unspecified atom stereocenters. The van der Waals surface area contributed by atoms with Gasteiger partial charge in [-0.05, 0) is 26.2 Å². The zero-order valence-corrected chi connectivity index (χ0v) is 14.1. The highest BCUT2D eigenvalue weighted by Gasteiger charge is 2.25. The summed E-state index contributed by atoms with van der Waals surface area (Å²) in [7, 11) is 0. The Morgan fingerprint density at radius 1 is 1.17 bits per heavy atom. The van der Waals surface area contributed by atoms with Crippen molar-refractivity contribution < 1.29 is 9.59 Å². The van der Waals surface area contributed by atoms with Crippen LogP contribution < -0.4 is 5.56 Å². The van der Waals surface area contributed by atoms with E-state index in [1.165, 1.54) is 0 Å². The average Bonchev–Trinajstić information content (AvgIpc) is 2.76. The van der Waals surface area contributed by atoms with E-state index in [9.17, 15) is 14.4 Å². The van der Waals surface area contributed by atoms with E-state index >= 15 is 0 Å². The second-order valence-corrected chi connectivity index (χ2v) is 6.58. The molecule has 0 aliphatic carbocycles. The fraction of sp³-hybridized carbons (Fsp3) is 0.647. The number of carbonyl (C=O) groups is 2. The van der Waals surface area contributed by atoms with Gasteiger partial charge >= 0.3 is 0 Å². The van der Waals surface area contributed by atoms with Gasteiger partial charge in [-0.25, -0.2) is 4.98 Å². The Morgan fingerprint density at radius 3 is 2.83 bits per heavy atom. The number of aryl methyl sites for hydroxylation is 1. The van der Waals surface area contributed by atoms with E-state index in [4.69, 9.17) is 0 Å². The Hall–Kier alpha value is -2.18. The number of H-pyrrole nitrogens is 1. The predicted molar refractivity (Wildman–Crippen MR) is 88.4 cm³/mol. The zero-order valence-electron chi connectivity index (χ0n) is 14.1. The molecule has 1 saturated heterocycles. The third-order valence-corrected chi connectivity index (χ3v) is 4.81. The summed E-state index contributed by atoms with van der Waals surface area (Å²) in [4.78, 5) is 47.0. The zero-order chi connectivity index (χ0) is 17.1. The molecule has 1 N–H and O–H groups in total. The molecule has 7 nitrogen and oxygen atoms in total. The number of fused-ring (bicyclic) bond motifs is 1. The van der Waals surface area contributed by atoms with Crippen molar-refractivity contribution in [3.05, 3.63) is 27.4 Å². The van der Waals surface area contributed by atoms with Gasteiger partial charge in [-0.3, -0.25) is 14.4 Å². The second-order valence-electron chi connectivity index (χ2n) is 6.58. The first-order valence-corrected chi connectivity index (χ1v) is 8.69. The second kappa shape index (κ2) is 7.15. The molecule has 0 bridgehead atoms. The van der Waals surface area contributed by atoms with Crippen molar-refractivity contribution in [2.75, 3.05) is 19.6 Å². The Balaban J connectivity index is 1.60. The highest BCUT2D eigenvalue weighted by Crippen LogP contribution is 2.16. The van der Waals surface area contributed by atoms with Gasteiger partial charge in [0.25, 0.3) is 5.56 Å². The van der Waals surface area contributed by atoms with Gasteiger partial charge < -0.3 is 14.8 Å². The molecule has 0 radical (unpaired) electrons. The van der Waals surface area contributed by atoms with Gasteiger partial charge in [-0.1, -0.05) is 6.42 Å². The lowest BCUT2D eigenvalue weighted by Gasteiger charge is -2.29. The molecule has 2 aliphatic rings. The lowest BCUT2D eigenvalue weighted by atomic mass is 10.1. The highest BCUT2D eigenvalue weighted by molar-refractivity contribution is 5.79. The van der Waals surface area contributed by atoms with E-state index in [1.54, 1.807) is 11.8 Å². The first-order chi connectivity index (χ1) is 11.5. The number of aromatic nitrogens is 2. The van der Waals surface area contributed by atoms with Crippen LogP contribution >= 0.6 is 0 Å². The minimum Gasteiger partial charge on any atom is -0.342 e. The largest absolute Gasteiger partial charge is 0.342 e. The topological polar surface area (TPSA) is 86.4 Å². The minimum absolute atomic E-state index is 0.0254. The number of nitrogens with zero attached hydrogens (tertiary/aromatic N) is 3. The maximum Gasteiger partial charge on any atom is 0.254 e. The molecule has 7 heteroatoms. The Bertz CT molecular complexity index is 698. The van der Waals surface area contributed by atoms with Crippen molar-refractivity contribution in [3.63, 3.8) is 0 Å². The Morgan fingerprint density at radius 2 is 2.00 bits per heavy atom. The summed E-state index contributed by atoms with van der Waals surface area (Å²) in [6.07, 6.45) is 4.51. The smallest absolute Gasteiger partial charge is 0.254 e. The molecule has 130 valence electrons. The lowest BCUT2D eigenvalue weighted by Crippen LogP contribution is -2.41. The van der Waals surface area contributed by atoms with Crippen LogP contribution in [0.1, 0.15) is 49.2 Å². The summed E-state index contributed by atoms with van der Waals surface area (Å²) in [5.74, 6) is 0.758. The summed E-state index contributed by atoms with van der Waals surface area (Å²) in [6, 6.07) is 0. The van der Waals surface area contributed by atoms with Crippen LogP contribution in [0, 0.1) is 6.92 Å². The summed E-state index contributed by atoms with van der Waals surface area (Å²) >= 11 is 0. The van der Waals surface area contributed by atoms with E-state index in [-0.39, 0.29) is 17.4 Å². The summed E-state index contributed by atoms with van der Waals surface area (Å²) in [6.45, 7) is 3.90. The number of carbonyl (C=O) groups excluding carboxylic acids is 2.